The molecule has 0 saturated heterocycles. The van der Waals surface area contributed by atoms with E-state index in [1.165, 1.54) is 0 Å². The van der Waals surface area contributed by atoms with E-state index in [-0.39, 0.29) is 0 Å². The van der Waals surface area contributed by atoms with Gasteiger partial charge in [0.25, 0.3) is 0 Å². The Bertz CT molecular complexity index is 520. The monoisotopic (exact) mass is 221 g/mol. The van der Waals surface area contributed by atoms with Gasteiger partial charge in [-0.15, -0.1) is 0 Å². The fourth-order valence-corrected chi connectivity index (χ4v) is 1.47. The lowest BCUT2D eigenvalue weighted by atomic mass is 10.0. The molecule has 3 nitrogen and oxygen atoms in total. The zero-order valence-corrected chi connectivity index (χ0v) is 8.54. The molecule has 0 aliphatic carbocycles. The molecule has 0 aliphatic heterocycles. The van der Waals surface area contributed by atoms with Gasteiger partial charge in [-0.1, -0.05) is 0 Å². The number of hydrogen-bond donors (Lipinski definition) is 1. The molecule has 2 heterocycles. The quantitative estimate of drug-likeness (QED) is 0.752. The van der Waals surface area contributed by atoms with Crippen LogP contribution in [-0.2, 0) is 0 Å². The second-order valence-corrected chi connectivity index (χ2v) is 3.43. The van der Waals surface area contributed by atoms with Crippen LogP contribution in [0.4, 0.5) is 14.6 Å². The molecule has 0 fully saturated rings. The Labute approximate surface area is 91.0 Å². The molecule has 0 saturated carbocycles. The Kier molecular flexibility index (Phi) is 2.52. The van der Waals surface area contributed by atoms with Gasteiger partial charge in [0.15, 0.2) is 0 Å². The van der Waals surface area contributed by atoms with Gasteiger partial charge < -0.3 is 5.73 Å². The van der Waals surface area contributed by atoms with Crippen LogP contribution < -0.4 is 5.73 Å². The summed E-state index contributed by atoms with van der Waals surface area (Å²) in [5.41, 5.74) is 7.36. The number of pyridine rings is 2. The van der Waals surface area contributed by atoms with E-state index in [2.05, 4.69) is 9.97 Å². The highest BCUT2D eigenvalue weighted by atomic mass is 19.1. The normalized spacial score (nSPS) is 10.4. The summed E-state index contributed by atoms with van der Waals surface area (Å²) in [5.74, 6) is -1.41. The van der Waals surface area contributed by atoms with Gasteiger partial charge in [0, 0.05) is 18.3 Å². The Morgan fingerprint density at radius 1 is 1.12 bits per heavy atom. The second-order valence-electron chi connectivity index (χ2n) is 3.43. The Morgan fingerprint density at radius 2 is 1.75 bits per heavy atom. The first-order valence-electron chi connectivity index (χ1n) is 4.62. The Morgan fingerprint density at radius 3 is 2.38 bits per heavy atom. The van der Waals surface area contributed by atoms with Gasteiger partial charge in [-0.05, 0) is 29.7 Å². The first kappa shape index (κ1) is 10.5. The summed E-state index contributed by atoms with van der Waals surface area (Å²) < 4.78 is 25.9. The molecule has 0 spiro atoms. The van der Waals surface area contributed by atoms with Crippen LogP contribution >= 0.6 is 0 Å². The van der Waals surface area contributed by atoms with Gasteiger partial charge in [-0.25, -0.2) is 4.98 Å². The van der Waals surface area contributed by atoms with Gasteiger partial charge in [0.1, 0.15) is 5.82 Å². The van der Waals surface area contributed by atoms with Crippen LogP contribution in [0.1, 0.15) is 5.56 Å². The number of anilines is 1. The van der Waals surface area contributed by atoms with Crippen LogP contribution in [-0.4, -0.2) is 9.97 Å². The molecule has 2 aromatic rings. The first-order chi connectivity index (χ1) is 7.56. The summed E-state index contributed by atoms with van der Waals surface area (Å²) in [6.07, 6.45) is 1.56. The fraction of sp³-hybridized carbons (Fsp3) is 0.0909. The number of nitrogens with zero attached hydrogens (tertiary/aromatic N) is 2. The van der Waals surface area contributed by atoms with Crippen molar-refractivity contribution in [2.45, 2.75) is 6.92 Å². The van der Waals surface area contributed by atoms with Crippen molar-refractivity contribution in [3.63, 3.8) is 0 Å². The van der Waals surface area contributed by atoms with Crippen LogP contribution in [0.2, 0.25) is 0 Å². The third-order valence-corrected chi connectivity index (χ3v) is 2.20. The standard InChI is InChI=1S/C11H9F2N3/c1-6-5-15-11(14)4-8(6)7-2-9(12)16-10(13)3-7/h2-5H,1H3,(H2,14,15). The average Bonchev–Trinajstić information content (AvgIpc) is 2.20. The van der Waals surface area contributed by atoms with Gasteiger partial charge in [-0.2, -0.15) is 13.8 Å². The van der Waals surface area contributed by atoms with Crippen molar-refractivity contribution in [3.05, 3.63) is 41.9 Å². The lowest BCUT2D eigenvalue weighted by Gasteiger charge is -2.06. The molecule has 16 heavy (non-hydrogen) atoms. The maximum atomic E-state index is 12.9. The summed E-state index contributed by atoms with van der Waals surface area (Å²) in [6, 6.07) is 3.89. The maximum absolute atomic E-state index is 12.9. The molecule has 2 rings (SSSR count). The van der Waals surface area contributed by atoms with Crippen molar-refractivity contribution in [3.8, 4) is 11.1 Å². The minimum atomic E-state index is -0.857. The number of nitrogens with two attached hydrogens (primary N) is 1. The van der Waals surface area contributed by atoms with E-state index in [1.54, 1.807) is 19.2 Å². The van der Waals surface area contributed by atoms with Crippen molar-refractivity contribution >= 4 is 5.82 Å². The van der Waals surface area contributed by atoms with Crippen molar-refractivity contribution in [2.24, 2.45) is 0 Å². The third-order valence-electron chi connectivity index (χ3n) is 2.20. The van der Waals surface area contributed by atoms with E-state index in [4.69, 9.17) is 5.73 Å². The largest absolute Gasteiger partial charge is 0.384 e. The molecule has 0 aromatic carbocycles. The first-order valence-corrected chi connectivity index (χ1v) is 4.62. The van der Waals surface area contributed by atoms with Gasteiger partial charge in [0.2, 0.25) is 11.9 Å². The van der Waals surface area contributed by atoms with E-state index in [9.17, 15) is 8.78 Å². The highest BCUT2D eigenvalue weighted by molar-refractivity contribution is 5.68. The van der Waals surface area contributed by atoms with Crippen molar-refractivity contribution < 1.29 is 8.78 Å². The molecular formula is C11H9F2N3. The molecule has 0 bridgehead atoms. The second kappa shape index (κ2) is 3.84. The summed E-state index contributed by atoms with van der Waals surface area (Å²) in [4.78, 5) is 6.92. The lowest BCUT2D eigenvalue weighted by Crippen LogP contribution is -1.95. The zero-order valence-electron chi connectivity index (χ0n) is 8.54. The molecule has 0 aliphatic rings. The molecule has 0 unspecified atom stereocenters. The smallest absolute Gasteiger partial charge is 0.216 e. The molecular weight excluding hydrogens is 212 g/mol. The summed E-state index contributed by atoms with van der Waals surface area (Å²) >= 11 is 0. The molecule has 0 amide bonds. The Hall–Kier alpha value is -2.04. The highest BCUT2D eigenvalue weighted by Crippen LogP contribution is 2.24. The number of halogens is 2. The lowest BCUT2D eigenvalue weighted by molar-refractivity contribution is 0.513. The summed E-state index contributed by atoms with van der Waals surface area (Å²) in [7, 11) is 0. The van der Waals surface area contributed by atoms with Crippen LogP contribution in [0.5, 0.6) is 0 Å². The van der Waals surface area contributed by atoms with E-state index in [1.807, 2.05) is 0 Å². The minimum absolute atomic E-state index is 0.304. The molecule has 82 valence electrons. The summed E-state index contributed by atoms with van der Waals surface area (Å²) in [6.45, 7) is 1.79. The SMILES string of the molecule is Cc1cnc(N)cc1-c1cc(F)nc(F)c1. The van der Waals surface area contributed by atoms with Crippen LogP contribution in [0, 0.1) is 18.8 Å². The average molecular weight is 221 g/mol. The Balaban J connectivity index is 2.62. The van der Waals surface area contributed by atoms with E-state index in [0.717, 1.165) is 17.7 Å². The molecule has 0 atom stereocenters. The summed E-state index contributed by atoms with van der Waals surface area (Å²) in [5, 5.41) is 0. The predicted octanol–water partition coefficient (Wildman–Crippen LogP) is 2.31. The van der Waals surface area contributed by atoms with Gasteiger partial charge in [0.05, 0.1) is 0 Å². The van der Waals surface area contributed by atoms with Crippen molar-refractivity contribution in [2.75, 3.05) is 5.73 Å². The van der Waals surface area contributed by atoms with Crippen molar-refractivity contribution in [1.29, 1.82) is 0 Å². The topological polar surface area (TPSA) is 51.8 Å². The van der Waals surface area contributed by atoms with Crippen LogP contribution in [0.15, 0.2) is 24.4 Å². The van der Waals surface area contributed by atoms with E-state index < -0.39 is 11.9 Å². The third kappa shape index (κ3) is 1.98. The molecule has 2 N–H and O–H groups in total. The zero-order chi connectivity index (χ0) is 11.7. The number of aromatic nitrogens is 2. The van der Waals surface area contributed by atoms with Gasteiger partial charge in [-0.3, -0.25) is 0 Å². The minimum Gasteiger partial charge on any atom is -0.384 e. The van der Waals surface area contributed by atoms with Crippen LogP contribution in [0.25, 0.3) is 11.1 Å². The highest BCUT2D eigenvalue weighted by Gasteiger charge is 2.07. The number of aryl methyl sites for hydroxylation is 1. The van der Waals surface area contributed by atoms with E-state index >= 15 is 0 Å². The number of hydrogen-bond acceptors (Lipinski definition) is 3. The fourth-order valence-electron chi connectivity index (χ4n) is 1.47. The number of nitrogen functional groups attached to an aromatic ring is 1. The van der Waals surface area contributed by atoms with E-state index in [0.29, 0.717) is 16.9 Å². The molecule has 2 aromatic heterocycles. The molecule has 5 heteroatoms. The number of rotatable bonds is 1. The maximum Gasteiger partial charge on any atom is 0.216 e. The van der Waals surface area contributed by atoms with Crippen molar-refractivity contribution in [1.82, 2.24) is 9.97 Å². The van der Waals surface area contributed by atoms with Gasteiger partial charge >= 0.3 is 0 Å². The molecule has 0 radical (unpaired) electrons. The predicted molar refractivity (Wildman–Crippen MR) is 56.5 cm³/mol. The van der Waals surface area contributed by atoms with Crippen LogP contribution in [0.3, 0.4) is 0 Å².